The molecule has 0 spiro atoms. The second-order valence-corrected chi connectivity index (χ2v) is 4.74. The molecule has 0 aromatic carbocycles. The van der Waals surface area contributed by atoms with Crippen LogP contribution in [0.15, 0.2) is 48.9 Å². The predicted molar refractivity (Wildman–Crippen MR) is 81.8 cm³/mol. The average molecular weight is 310 g/mol. The van der Waals surface area contributed by atoms with E-state index in [9.17, 15) is 9.59 Å². The molecule has 3 rings (SSSR count). The minimum atomic E-state index is -0.454. The molecule has 3 aromatic heterocycles. The van der Waals surface area contributed by atoms with Gasteiger partial charge in [0.15, 0.2) is 5.82 Å². The van der Waals surface area contributed by atoms with E-state index in [2.05, 4.69) is 25.9 Å². The van der Waals surface area contributed by atoms with Crippen molar-refractivity contribution in [1.29, 1.82) is 0 Å². The summed E-state index contributed by atoms with van der Waals surface area (Å²) in [6.07, 6.45) is 4.70. The van der Waals surface area contributed by atoms with Crippen molar-refractivity contribution in [2.45, 2.75) is 6.92 Å². The number of amides is 2. The Bertz CT molecular complexity index is 823. The number of carbonyl (C=O) groups excluding carboxylic acids is 2. The molecule has 2 amide bonds. The van der Waals surface area contributed by atoms with Crippen LogP contribution in [0.5, 0.6) is 0 Å². The lowest BCUT2D eigenvalue weighted by atomic mass is 10.2. The summed E-state index contributed by atoms with van der Waals surface area (Å²) < 4.78 is 1.56. The number of aromatic amines is 1. The second-order valence-electron chi connectivity index (χ2n) is 4.74. The van der Waals surface area contributed by atoms with Crippen molar-refractivity contribution < 1.29 is 9.59 Å². The van der Waals surface area contributed by atoms with Crippen LogP contribution in [0, 0.1) is 6.92 Å². The van der Waals surface area contributed by atoms with Gasteiger partial charge in [-0.3, -0.25) is 20.4 Å². The first-order valence-electron chi connectivity index (χ1n) is 6.87. The highest BCUT2D eigenvalue weighted by Gasteiger charge is 2.16. The molecule has 0 fully saturated rings. The molecular weight excluding hydrogens is 296 g/mol. The van der Waals surface area contributed by atoms with Crippen LogP contribution in [-0.4, -0.2) is 31.6 Å². The van der Waals surface area contributed by atoms with Gasteiger partial charge in [-0.05, 0) is 31.2 Å². The lowest BCUT2D eigenvalue weighted by Crippen LogP contribution is -2.41. The SMILES string of the molecule is Cc1c(C(=O)NNC(=O)c2ccc[nH]2)cnn1-c1ccccn1. The van der Waals surface area contributed by atoms with Gasteiger partial charge in [-0.1, -0.05) is 6.07 Å². The molecule has 0 atom stereocenters. The maximum absolute atomic E-state index is 12.2. The van der Waals surface area contributed by atoms with Crippen LogP contribution >= 0.6 is 0 Å². The number of nitrogens with one attached hydrogen (secondary N) is 3. The van der Waals surface area contributed by atoms with Crippen molar-refractivity contribution in [3.8, 4) is 5.82 Å². The molecule has 0 bridgehead atoms. The van der Waals surface area contributed by atoms with E-state index in [4.69, 9.17) is 0 Å². The first kappa shape index (κ1) is 14.5. The van der Waals surface area contributed by atoms with Crippen LogP contribution in [0.2, 0.25) is 0 Å². The monoisotopic (exact) mass is 310 g/mol. The van der Waals surface area contributed by atoms with Crippen molar-refractivity contribution in [2.24, 2.45) is 0 Å². The number of aromatic nitrogens is 4. The molecule has 0 aliphatic carbocycles. The molecule has 0 radical (unpaired) electrons. The topological polar surface area (TPSA) is 105 Å². The number of hydrazine groups is 1. The molecule has 3 N–H and O–H groups in total. The van der Waals surface area contributed by atoms with Crippen molar-refractivity contribution >= 4 is 11.8 Å². The van der Waals surface area contributed by atoms with Gasteiger partial charge >= 0.3 is 0 Å². The number of pyridine rings is 1. The van der Waals surface area contributed by atoms with Gasteiger partial charge < -0.3 is 4.98 Å². The summed E-state index contributed by atoms with van der Waals surface area (Å²) in [5, 5.41) is 4.16. The first-order chi connectivity index (χ1) is 11.2. The largest absolute Gasteiger partial charge is 0.357 e. The number of carbonyl (C=O) groups is 2. The Morgan fingerprint density at radius 3 is 2.65 bits per heavy atom. The van der Waals surface area contributed by atoms with E-state index in [-0.39, 0.29) is 0 Å². The zero-order chi connectivity index (χ0) is 16.2. The summed E-state index contributed by atoms with van der Waals surface area (Å²) in [5.74, 6) is -0.276. The zero-order valence-corrected chi connectivity index (χ0v) is 12.3. The number of H-pyrrole nitrogens is 1. The van der Waals surface area contributed by atoms with Gasteiger partial charge in [-0.2, -0.15) is 5.10 Å². The molecule has 0 saturated carbocycles. The summed E-state index contributed by atoms with van der Waals surface area (Å²) in [6, 6.07) is 8.71. The number of hydrogen-bond acceptors (Lipinski definition) is 4. The summed E-state index contributed by atoms with van der Waals surface area (Å²) in [6.45, 7) is 1.75. The highest BCUT2D eigenvalue weighted by Crippen LogP contribution is 2.11. The molecule has 0 unspecified atom stereocenters. The first-order valence-corrected chi connectivity index (χ1v) is 6.87. The Morgan fingerprint density at radius 2 is 1.96 bits per heavy atom. The quantitative estimate of drug-likeness (QED) is 0.627. The van der Waals surface area contributed by atoms with Crippen LogP contribution in [0.4, 0.5) is 0 Å². The van der Waals surface area contributed by atoms with Crippen molar-refractivity contribution in [2.75, 3.05) is 0 Å². The van der Waals surface area contributed by atoms with Crippen LogP contribution < -0.4 is 10.9 Å². The van der Waals surface area contributed by atoms with Crippen LogP contribution in [-0.2, 0) is 0 Å². The Hall–Kier alpha value is -3.42. The average Bonchev–Trinajstić information content (AvgIpc) is 3.23. The fourth-order valence-electron chi connectivity index (χ4n) is 2.06. The van der Waals surface area contributed by atoms with E-state index in [1.165, 1.54) is 6.20 Å². The summed E-state index contributed by atoms with van der Waals surface area (Å²) in [7, 11) is 0. The zero-order valence-electron chi connectivity index (χ0n) is 12.3. The summed E-state index contributed by atoms with van der Waals surface area (Å²) in [4.78, 5) is 30.9. The Labute approximate surface area is 131 Å². The van der Waals surface area contributed by atoms with E-state index in [0.717, 1.165) is 0 Å². The van der Waals surface area contributed by atoms with E-state index in [1.54, 1.807) is 48.3 Å². The fourth-order valence-corrected chi connectivity index (χ4v) is 2.06. The normalized spacial score (nSPS) is 10.3. The lowest BCUT2D eigenvalue weighted by Gasteiger charge is -2.07. The van der Waals surface area contributed by atoms with Gasteiger partial charge in [-0.25, -0.2) is 9.67 Å². The van der Waals surface area contributed by atoms with Crippen LogP contribution in [0.3, 0.4) is 0 Å². The number of hydrogen-bond donors (Lipinski definition) is 3. The lowest BCUT2D eigenvalue weighted by molar-refractivity contribution is 0.0844. The third kappa shape index (κ3) is 2.95. The van der Waals surface area contributed by atoms with Crippen molar-refractivity contribution in [1.82, 2.24) is 30.6 Å². The highest BCUT2D eigenvalue weighted by molar-refractivity contribution is 5.98. The second kappa shape index (κ2) is 6.14. The molecule has 8 nitrogen and oxygen atoms in total. The van der Waals surface area contributed by atoms with Crippen LogP contribution in [0.1, 0.15) is 26.5 Å². The minimum Gasteiger partial charge on any atom is -0.357 e. The van der Waals surface area contributed by atoms with Crippen molar-refractivity contribution in [3.05, 3.63) is 65.9 Å². The number of nitrogens with zero attached hydrogens (tertiary/aromatic N) is 3. The van der Waals surface area contributed by atoms with E-state index >= 15 is 0 Å². The standard InChI is InChI=1S/C15H14N6O2/c1-10-11(9-18-21(10)13-6-2-3-7-17-13)14(22)19-20-15(23)12-5-4-8-16-12/h2-9,16H,1H3,(H,19,22)(H,20,23). The molecule has 23 heavy (non-hydrogen) atoms. The molecule has 0 saturated heterocycles. The van der Waals surface area contributed by atoms with Gasteiger partial charge in [0.25, 0.3) is 11.8 Å². The molecule has 8 heteroatoms. The third-order valence-corrected chi connectivity index (χ3v) is 3.25. The molecule has 0 aliphatic rings. The van der Waals surface area contributed by atoms with Gasteiger partial charge in [-0.15, -0.1) is 0 Å². The molecular formula is C15H14N6O2. The Balaban J connectivity index is 1.71. The summed E-state index contributed by atoms with van der Waals surface area (Å²) in [5.41, 5.74) is 6.02. The Morgan fingerprint density at radius 1 is 1.13 bits per heavy atom. The van der Waals surface area contributed by atoms with E-state index in [1.807, 2.05) is 6.07 Å². The maximum atomic E-state index is 12.2. The van der Waals surface area contributed by atoms with E-state index < -0.39 is 11.8 Å². The summed E-state index contributed by atoms with van der Waals surface area (Å²) >= 11 is 0. The van der Waals surface area contributed by atoms with Gasteiger partial charge in [0.2, 0.25) is 0 Å². The number of rotatable bonds is 3. The van der Waals surface area contributed by atoms with E-state index in [0.29, 0.717) is 22.8 Å². The minimum absolute atomic E-state index is 0.349. The predicted octanol–water partition coefficient (Wildman–Crippen LogP) is 0.979. The third-order valence-electron chi connectivity index (χ3n) is 3.25. The van der Waals surface area contributed by atoms with Gasteiger partial charge in [0, 0.05) is 12.4 Å². The Kier molecular flexibility index (Phi) is 3.88. The smallest absolute Gasteiger partial charge is 0.286 e. The molecule has 116 valence electrons. The van der Waals surface area contributed by atoms with Gasteiger partial charge in [0.1, 0.15) is 5.69 Å². The molecule has 0 aliphatic heterocycles. The van der Waals surface area contributed by atoms with Crippen molar-refractivity contribution in [3.63, 3.8) is 0 Å². The maximum Gasteiger partial charge on any atom is 0.286 e. The molecule has 3 aromatic rings. The molecule has 3 heterocycles. The van der Waals surface area contributed by atoms with Gasteiger partial charge in [0.05, 0.1) is 17.5 Å². The fraction of sp³-hybridized carbons (Fsp3) is 0.0667. The van der Waals surface area contributed by atoms with Crippen LogP contribution in [0.25, 0.3) is 5.82 Å². The highest BCUT2D eigenvalue weighted by atomic mass is 16.2.